The summed E-state index contributed by atoms with van der Waals surface area (Å²) in [6.07, 6.45) is 4.50. The van der Waals surface area contributed by atoms with E-state index in [0.29, 0.717) is 19.1 Å². The lowest BCUT2D eigenvalue weighted by Crippen LogP contribution is -2.44. The normalized spacial score (nSPS) is 26.4. The maximum absolute atomic E-state index is 12.0. The molecule has 0 spiro atoms. The third-order valence-electron chi connectivity index (χ3n) is 4.37. The summed E-state index contributed by atoms with van der Waals surface area (Å²) in [5.74, 6) is 0.104. The molecule has 1 aromatic heterocycles. The zero-order chi connectivity index (χ0) is 13.9. The molecule has 2 atom stereocenters. The molecular formula is C15H23N3O2. The van der Waals surface area contributed by atoms with Gasteiger partial charge in [0.25, 0.3) is 0 Å². The summed E-state index contributed by atoms with van der Waals surface area (Å²) in [5.41, 5.74) is 1.29. The summed E-state index contributed by atoms with van der Waals surface area (Å²) in [5, 5.41) is 3.00. The van der Waals surface area contributed by atoms with E-state index in [9.17, 15) is 4.79 Å². The minimum absolute atomic E-state index is 0.104. The first-order valence-electron chi connectivity index (χ1n) is 7.51. The Morgan fingerprint density at radius 2 is 2.40 bits per heavy atom. The lowest BCUT2D eigenvalue weighted by atomic mass is 10.1. The third kappa shape index (κ3) is 2.88. The topological polar surface area (TPSA) is 46.5 Å². The molecule has 0 unspecified atom stereocenters. The Bertz CT molecular complexity index is 465. The first-order chi connectivity index (χ1) is 9.74. The Labute approximate surface area is 119 Å². The van der Waals surface area contributed by atoms with Crippen LogP contribution in [0.1, 0.15) is 31.5 Å². The molecule has 0 aliphatic carbocycles. The first kappa shape index (κ1) is 13.6. The lowest BCUT2D eigenvalue weighted by molar-refractivity contribution is -0.123. The summed E-state index contributed by atoms with van der Waals surface area (Å²) in [6, 6.07) is 4.51. The van der Waals surface area contributed by atoms with E-state index in [1.165, 1.54) is 5.69 Å². The van der Waals surface area contributed by atoms with Crippen molar-refractivity contribution in [3.8, 4) is 0 Å². The minimum atomic E-state index is 0.104. The molecule has 110 valence electrons. The Hall–Kier alpha value is -1.33. The maximum atomic E-state index is 12.0. The van der Waals surface area contributed by atoms with Gasteiger partial charge in [-0.1, -0.05) is 0 Å². The molecule has 20 heavy (non-hydrogen) atoms. The van der Waals surface area contributed by atoms with Crippen molar-refractivity contribution >= 4 is 5.91 Å². The van der Waals surface area contributed by atoms with Gasteiger partial charge in [0.05, 0.1) is 12.6 Å². The van der Waals surface area contributed by atoms with Crippen molar-refractivity contribution in [2.24, 2.45) is 0 Å². The monoisotopic (exact) mass is 277 g/mol. The molecule has 0 radical (unpaired) electrons. The van der Waals surface area contributed by atoms with Crippen molar-refractivity contribution in [2.45, 2.75) is 38.5 Å². The van der Waals surface area contributed by atoms with Crippen LogP contribution < -0.4 is 5.32 Å². The van der Waals surface area contributed by atoms with Crippen molar-refractivity contribution < 1.29 is 9.53 Å². The molecule has 2 aliphatic rings. The predicted octanol–water partition coefficient (Wildman–Crippen LogP) is 1.16. The van der Waals surface area contributed by atoms with Gasteiger partial charge in [0.2, 0.25) is 5.91 Å². The van der Waals surface area contributed by atoms with Gasteiger partial charge in [-0.3, -0.25) is 9.69 Å². The zero-order valence-electron chi connectivity index (χ0n) is 12.0. The Balaban J connectivity index is 1.49. The van der Waals surface area contributed by atoms with Gasteiger partial charge in [-0.05, 0) is 31.9 Å². The molecule has 5 nitrogen and oxygen atoms in total. The standard InChI is InChI=1S/C15H23N3O2/c1-12-14-5-2-6-17(14)7-8-18(12)11-15(19)16-10-13-4-3-9-20-13/h2,5-6,12-13H,3-4,7-11H2,1H3,(H,16,19)/t12-,13+/m0/s1. The van der Waals surface area contributed by atoms with Gasteiger partial charge >= 0.3 is 0 Å². The highest BCUT2D eigenvalue weighted by molar-refractivity contribution is 5.78. The average Bonchev–Trinajstić information content (AvgIpc) is 3.10. The molecule has 5 heteroatoms. The molecule has 0 saturated carbocycles. The van der Waals surface area contributed by atoms with Crippen LogP contribution >= 0.6 is 0 Å². The highest BCUT2D eigenvalue weighted by Gasteiger charge is 2.25. The van der Waals surface area contributed by atoms with Gasteiger partial charge in [-0.15, -0.1) is 0 Å². The zero-order valence-corrected chi connectivity index (χ0v) is 12.0. The summed E-state index contributed by atoms with van der Waals surface area (Å²) < 4.78 is 7.79. The first-order valence-corrected chi connectivity index (χ1v) is 7.51. The number of carbonyl (C=O) groups excluding carboxylic acids is 1. The average molecular weight is 277 g/mol. The fourth-order valence-corrected chi connectivity index (χ4v) is 3.12. The van der Waals surface area contributed by atoms with Crippen LogP contribution in [-0.4, -0.2) is 47.7 Å². The molecule has 3 rings (SSSR count). The van der Waals surface area contributed by atoms with E-state index in [-0.39, 0.29) is 12.0 Å². The third-order valence-corrected chi connectivity index (χ3v) is 4.37. The van der Waals surface area contributed by atoms with Crippen LogP contribution in [0.25, 0.3) is 0 Å². The predicted molar refractivity (Wildman–Crippen MR) is 76.4 cm³/mol. The molecule has 1 amide bonds. The van der Waals surface area contributed by atoms with E-state index in [0.717, 1.165) is 32.5 Å². The van der Waals surface area contributed by atoms with Crippen LogP contribution in [0.3, 0.4) is 0 Å². The van der Waals surface area contributed by atoms with Crippen molar-refractivity contribution in [2.75, 3.05) is 26.2 Å². The molecule has 3 heterocycles. The van der Waals surface area contributed by atoms with Crippen LogP contribution in [0.4, 0.5) is 0 Å². The largest absolute Gasteiger partial charge is 0.376 e. The van der Waals surface area contributed by atoms with Gasteiger partial charge in [0.15, 0.2) is 0 Å². The molecule has 0 aromatic carbocycles. The number of fused-ring (bicyclic) bond motifs is 1. The van der Waals surface area contributed by atoms with Crippen molar-refractivity contribution in [1.82, 2.24) is 14.8 Å². The summed E-state index contributed by atoms with van der Waals surface area (Å²) in [6.45, 7) is 6.01. The highest BCUT2D eigenvalue weighted by atomic mass is 16.5. The Morgan fingerprint density at radius 1 is 1.50 bits per heavy atom. The number of rotatable bonds is 4. The fourth-order valence-electron chi connectivity index (χ4n) is 3.12. The van der Waals surface area contributed by atoms with Gasteiger partial charge < -0.3 is 14.6 Å². The number of ether oxygens (including phenoxy) is 1. The molecule has 1 fully saturated rings. The van der Waals surface area contributed by atoms with Crippen LogP contribution in [0, 0.1) is 0 Å². The number of hydrogen-bond acceptors (Lipinski definition) is 3. The maximum Gasteiger partial charge on any atom is 0.234 e. The smallest absolute Gasteiger partial charge is 0.234 e. The van der Waals surface area contributed by atoms with E-state index in [4.69, 9.17) is 4.74 Å². The van der Waals surface area contributed by atoms with Crippen molar-refractivity contribution in [3.63, 3.8) is 0 Å². The number of amides is 1. The summed E-state index contributed by atoms with van der Waals surface area (Å²) >= 11 is 0. The second-order valence-corrected chi connectivity index (χ2v) is 5.71. The van der Waals surface area contributed by atoms with Gasteiger partial charge in [-0.2, -0.15) is 0 Å². The molecule has 1 saturated heterocycles. The van der Waals surface area contributed by atoms with E-state index in [1.807, 2.05) is 0 Å². The second-order valence-electron chi connectivity index (χ2n) is 5.71. The van der Waals surface area contributed by atoms with Gasteiger partial charge in [0.1, 0.15) is 0 Å². The van der Waals surface area contributed by atoms with E-state index >= 15 is 0 Å². The molecule has 1 aromatic rings. The lowest BCUT2D eigenvalue weighted by Gasteiger charge is -2.34. The molecule has 1 N–H and O–H groups in total. The summed E-state index contributed by atoms with van der Waals surface area (Å²) in [4.78, 5) is 14.3. The van der Waals surface area contributed by atoms with E-state index in [2.05, 4.69) is 40.0 Å². The second kappa shape index (κ2) is 5.97. The number of nitrogens with one attached hydrogen (secondary N) is 1. The minimum Gasteiger partial charge on any atom is -0.376 e. The Kier molecular flexibility index (Phi) is 4.08. The van der Waals surface area contributed by atoms with Crippen LogP contribution in [-0.2, 0) is 16.1 Å². The molecular weight excluding hydrogens is 254 g/mol. The van der Waals surface area contributed by atoms with Gasteiger partial charge in [0, 0.05) is 44.2 Å². The highest BCUT2D eigenvalue weighted by Crippen LogP contribution is 2.24. The van der Waals surface area contributed by atoms with Crippen molar-refractivity contribution in [1.29, 1.82) is 0 Å². The van der Waals surface area contributed by atoms with Crippen LogP contribution in [0.15, 0.2) is 18.3 Å². The summed E-state index contributed by atoms with van der Waals surface area (Å²) in [7, 11) is 0. The van der Waals surface area contributed by atoms with Crippen LogP contribution in [0.5, 0.6) is 0 Å². The van der Waals surface area contributed by atoms with E-state index in [1.54, 1.807) is 0 Å². The van der Waals surface area contributed by atoms with Crippen LogP contribution in [0.2, 0.25) is 0 Å². The van der Waals surface area contributed by atoms with Crippen molar-refractivity contribution in [3.05, 3.63) is 24.0 Å². The number of hydrogen-bond donors (Lipinski definition) is 1. The number of carbonyl (C=O) groups is 1. The Morgan fingerprint density at radius 3 is 3.20 bits per heavy atom. The molecule has 0 bridgehead atoms. The SMILES string of the molecule is C[C@H]1c2cccn2CCN1CC(=O)NC[C@H]1CCCO1. The number of nitrogens with zero attached hydrogens (tertiary/aromatic N) is 2. The quantitative estimate of drug-likeness (QED) is 0.898. The number of aromatic nitrogens is 1. The van der Waals surface area contributed by atoms with Gasteiger partial charge in [-0.25, -0.2) is 0 Å². The molecule has 2 aliphatic heterocycles. The fraction of sp³-hybridized carbons (Fsp3) is 0.667. The van der Waals surface area contributed by atoms with E-state index < -0.39 is 0 Å².